The number of aryl methyl sites for hydroxylation is 1. The van der Waals surface area contributed by atoms with Gasteiger partial charge in [0.25, 0.3) is 0 Å². The Kier molecular flexibility index (Phi) is 6.41. The quantitative estimate of drug-likeness (QED) is 0.305. The molecule has 0 bridgehead atoms. The van der Waals surface area contributed by atoms with Gasteiger partial charge in [-0.1, -0.05) is 19.4 Å². The van der Waals surface area contributed by atoms with E-state index in [1.54, 1.807) is 38.3 Å². The Bertz CT molecular complexity index is 811. The van der Waals surface area contributed by atoms with Crippen LogP contribution in [-0.4, -0.2) is 19.5 Å². The number of hydrogen-bond donors (Lipinski definition) is 0. The highest BCUT2D eigenvalue weighted by atomic mass is 16.5. The molecule has 0 amide bonds. The van der Waals surface area contributed by atoms with Crippen molar-refractivity contribution in [1.29, 1.82) is 5.26 Å². The van der Waals surface area contributed by atoms with Gasteiger partial charge >= 0.3 is 0 Å². The van der Waals surface area contributed by atoms with Crippen molar-refractivity contribution >= 4 is 11.9 Å². The van der Waals surface area contributed by atoms with Crippen molar-refractivity contribution in [3.8, 4) is 17.6 Å². The maximum Gasteiger partial charge on any atom is 0.207 e. The first-order chi connectivity index (χ1) is 12.1. The highest BCUT2D eigenvalue weighted by Crippen LogP contribution is 2.29. The number of unbranched alkanes of at least 4 members (excludes halogenated alkanes) is 1. The topological polar surface area (TPSA) is 72.5 Å². The van der Waals surface area contributed by atoms with Gasteiger partial charge in [-0.3, -0.25) is 4.79 Å². The van der Waals surface area contributed by atoms with Gasteiger partial charge in [-0.05, 0) is 43.2 Å². The lowest BCUT2D eigenvalue weighted by Crippen LogP contribution is -2.02. The Morgan fingerprint density at radius 3 is 2.72 bits per heavy atom. The van der Waals surface area contributed by atoms with Gasteiger partial charge in [0, 0.05) is 0 Å². The monoisotopic (exact) mass is 339 g/mol. The molecule has 5 nitrogen and oxygen atoms in total. The minimum atomic E-state index is -0.365. The van der Waals surface area contributed by atoms with Crippen molar-refractivity contribution in [3.63, 3.8) is 0 Å². The fourth-order valence-corrected chi connectivity index (χ4v) is 2.30. The molecule has 1 aromatic heterocycles. The SMILES string of the molecule is CCCCOc1ccc(/C=C(\C#N)C(=O)c2ccoc2C)cc1OC. The molecule has 5 heteroatoms. The third-order valence-electron chi connectivity index (χ3n) is 3.72. The van der Waals surface area contributed by atoms with Crippen LogP contribution in [0.3, 0.4) is 0 Å². The largest absolute Gasteiger partial charge is 0.493 e. The Morgan fingerprint density at radius 2 is 2.12 bits per heavy atom. The van der Waals surface area contributed by atoms with E-state index in [-0.39, 0.29) is 11.4 Å². The zero-order valence-electron chi connectivity index (χ0n) is 14.7. The Hall–Kier alpha value is -3.00. The van der Waals surface area contributed by atoms with E-state index in [1.165, 1.54) is 12.3 Å². The standard InChI is InChI=1S/C20H21NO4/c1-4-5-9-25-18-7-6-15(12-19(18)23-3)11-16(13-21)20(22)17-8-10-24-14(17)2/h6-8,10-12H,4-5,9H2,1-3H3/b16-11+. The maximum absolute atomic E-state index is 12.5. The number of furan rings is 1. The minimum Gasteiger partial charge on any atom is -0.493 e. The maximum atomic E-state index is 12.5. The Labute approximate surface area is 147 Å². The Morgan fingerprint density at radius 1 is 1.32 bits per heavy atom. The summed E-state index contributed by atoms with van der Waals surface area (Å²) in [7, 11) is 1.56. The summed E-state index contributed by atoms with van der Waals surface area (Å²) in [5.74, 6) is 1.33. The number of ether oxygens (including phenoxy) is 2. The third-order valence-corrected chi connectivity index (χ3v) is 3.72. The first-order valence-corrected chi connectivity index (χ1v) is 8.12. The summed E-state index contributed by atoms with van der Waals surface area (Å²) in [4.78, 5) is 12.5. The van der Waals surface area contributed by atoms with Crippen molar-refractivity contribution in [1.82, 2.24) is 0 Å². The average molecular weight is 339 g/mol. The smallest absolute Gasteiger partial charge is 0.207 e. The van der Waals surface area contributed by atoms with Crippen LogP contribution < -0.4 is 9.47 Å². The van der Waals surface area contributed by atoms with E-state index in [1.807, 2.05) is 6.07 Å². The molecule has 2 aromatic rings. The van der Waals surface area contributed by atoms with Gasteiger partial charge in [0.2, 0.25) is 5.78 Å². The van der Waals surface area contributed by atoms with E-state index < -0.39 is 0 Å². The fourth-order valence-electron chi connectivity index (χ4n) is 2.30. The van der Waals surface area contributed by atoms with E-state index in [9.17, 15) is 10.1 Å². The van der Waals surface area contributed by atoms with Gasteiger partial charge in [0.05, 0.1) is 25.5 Å². The van der Waals surface area contributed by atoms with Crippen molar-refractivity contribution in [2.75, 3.05) is 13.7 Å². The van der Waals surface area contributed by atoms with E-state index >= 15 is 0 Å². The molecule has 0 N–H and O–H groups in total. The molecule has 0 saturated carbocycles. The summed E-state index contributed by atoms with van der Waals surface area (Å²) in [6.45, 7) is 4.40. The molecule has 2 rings (SSSR count). The average Bonchev–Trinajstić information content (AvgIpc) is 3.06. The second kappa shape index (κ2) is 8.74. The molecule has 0 radical (unpaired) electrons. The number of Topliss-reactive ketones (excluding diaryl/α,β-unsaturated/α-hetero) is 1. The van der Waals surface area contributed by atoms with Gasteiger partial charge in [-0.25, -0.2) is 0 Å². The van der Waals surface area contributed by atoms with Crippen molar-refractivity contribution < 1.29 is 18.7 Å². The van der Waals surface area contributed by atoms with Crippen LogP contribution in [0.5, 0.6) is 11.5 Å². The summed E-state index contributed by atoms with van der Waals surface area (Å²) < 4.78 is 16.2. The zero-order chi connectivity index (χ0) is 18.2. The number of carbonyl (C=O) groups excluding carboxylic acids is 1. The summed E-state index contributed by atoms with van der Waals surface area (Å²) >= 11 is 0. The third kappa shape index (κ3) is 4.51. The molecule has 0 saturated heterocycles. The fraction of sp³-hybridized carbons (Fsp3) is 0.300. The molecule has 1 aromatic carbocycles. The number of carbonyl (C=O) groups is 1. The second-order valence-corrected chi connectivity index (χ2v) is 5.50. The van der Waals surface area contributed by atoms with Crippen LogP contribution in [0.4, 0.5) is 0 Å². The summed E-state index contributed by atoms with van der Waals surface area (Å²) in [6, 6.07) is 8.83. The predicted molar refractivity (Wildman–Crippen MR) is 94.8 cm³/mol. The number of hydrogen-bond acceptors (Lipinski definition) is 5. The number of nitriles is 1. The normalized spacial score (nSPS) is 11.0. The lowest BCUT2D eigenvalue weighted by molar-refractivity contribution is 0.103. The lowest BCUT2D eigenvalue weighted by Gasteiger charge is -2.11. The first-order valence-electron chi connectivity index (χ1n) is 8.12. The molecule has 0 atom stereocenters. The predicted octanol–water partition coefficient (Wildman–Crippen LogP) is 4.57. The molecule has 0 aliphatic heterocycles. The van der Waals surface area contributed by atoms with Gasteiger partial charge in [-0.15, -0.1) is 0 Å². The number of methoxy groups -OCH3 is 1. The zero-order valence-corrected chi connectivity index (χ0v) is 14.7. The molecule has 0 spiro atoms. The van der Waals surface area contributed by atoms with Crippen molar-refractivity contribution in [2.45, 2.75) is 26.7 Å². The summed E-state index contributed by atoms with van der Waals surface area (Å²) in [5, 5.41) is 9.35. The first kappa shape index (κ1) is 18.3. The number of rotatable bonds is 8. The molecule has 0 fully saturated rings. The molecule has 0 unspecified atom stereocenters. The molecule has 25 heavy (non-hydrogen) atoms. The van der Waals surface area contributed by atoms with Crippen LogP contribution in [0.1, 0.15) is 41.4 Å². The second-order valence-electron chi connectivity index (χ2n) is 5.50. The molecule has 130 valence electrons. The highest BCUT2D eigenvalue weighted by molar-refractivity contribution is 6.14. The molecule has 1 heterocycles. The van der Waals surface area contributed by atoms with Crippen LogP contribution in [0, 0.1) is 18.3 Å². The summed E-state index contributed by atoms with van der Waals surface area (Å²) in [6.07, 6.45) is 4.97. The van der Waals surface area contributed by atoms with Gasteiger partial charge in [0.15, 0.2) is 11.5 Å². The van der Waals surface area contributed by atoms with Crippen LogP contribution in [-0.2, 0) is 0 Å². The van der Waals surface area contributed by atoms with Gasteiger partial charge in [-0.2, -0.15) is 5.26 Å². The highest BCUT2D eigenvalue weighted by Gasteiger charge is 2.17. The number of ketones is 1. The summed E-state index contributed by atoms with van der Waals surface area (Å²) in [5.41, 5.74) is 1.11. The van der Waals surface area contributed by atoms with Crippen molar-refractivity contribution in [2.24, 2.45) is 0 Å². The number of nitrogens with zero attached hydrogens (tertiary/aromatic N) is 1. The Balaban J connectivity index is 2.27. The molecule has 0 aliphatic rings. The van der Waals surface area contributed by atoms with E-state index in [4.69, 9.17) is 13.9 Å². The number of allylic oxidation sites excluding steroid dienone is 1. The van der Waals surface area contributed by atoms with Gasteiger partial charge in [0.1, 0.15) is 17.4 Å². The lowest BCUT2D eigenvalue weighted by atomic mass is 10.0. The molecular weight excluding hydrogens is 318 g/mol. The molecule has 0 aliphatic carbocycles. The van der Waals surface area contributed by atoms with Crippen LogP contribution in [0.2, 0.25) is 0 Å². The van der Waals surface area contributed by atoms with E-state index in [0.29, 0.717) is 35.0 Å². The molecular formula is C20H21NO4. The van der Waals surface area contributed by atoms with Crippen LogP contribution >= 0.6 is 0 Å². The van der Waals surface area contributed by atoms with Crippen molar-refractivity contribution in [3.05, 3.63) is 53.0 Å². The van der Waals surface area contributed by atoms with E-state index in [2.05, 4.69) is 6.92 Å². The number of benzene rings is 1. The van der Waals surface area contributed by atoms with Crippen LogP contribution in [0.25, 0.3) is 6.08 Å². The minimum absolute atomic E-state index is 0.0335. The van der Waals surface area contributed by atoms with Crippen LogP contribution in [0.15, 0.2) is 40.5 Å². The van der Waals surface area contributed by atoms with E-state index in [0.717, 1.165) is 12.8 Å². The van der Waals surface area contributed by atoms with Gasteiger partial charge < -0.3 is 13.9 Å².